The molecule has 0 aliphatic rings. The van der Waals surface area contributed by atoms with Gasteiger partial charge >= 0.3 is 0 Å². The van der Waals surface area contributed by atoms with E-state index in [4.69, 9.17) is 10.00 Å². The van der Waals surface area contributed by atoms with Gasteiger partial charge in [-0.15, -0.1) is 0 Å². The molecule has 0 aliphatic carbocycles. The monoisotopic (exact) mass is 363 g/mol. The van der Waals surface area contributed by atoms with Gasteiger partial charge in [-0.3, -0.25) is 4.21 Å². The Bertz CT molecular complexity index is 665. The molecular weight excluding hydrogens is 350 g/mol. The Morgan fingerprint density at radius 1 is 1.19 bits per heavy atom. The van der Waals surface area contributed by atoms with Gasteiger partial charge in [0, 0.05) is 15.1 Å². The molecule has 5 heteroatoms. The number of halogens is 1. The van der Waals surface area contributed by atoms with Crippen LogP contribution in [0.15, 0.2) is 57.9 Å². The topological polar surface area (TPSA) is 50.1 Å². The molecule has 3 nitrogen and oxygen atoms in total. The highest BCUT2D eigenvalue weighted by Crippen LogP contribution is 2.15. The molecule has 2 aromatic rings. The molecule has 0 saturated carbocycles. The maximum Gasteiger partial charge on any atom is 0.120 e. The zero-order valence-corrected chi connectivity index (χ0v) is 13.7. The fraction of sp³-hybridized carbons (Fsp3) is 0.188. The SMILES string of the molecule is N#Cc1cccc(OCCCS(=O)c2ccc(Br)cc2)c1. The Morgan fingerprint density at radius 3 is 2.67 bits per heavy atom. The minimum atomic E-state index is -1.01. The lowest BCUT2D eigenvalue weighted by Gasteiger charge is -2.06. The van der Waals surface area contributed by atoms with Crippen LogP contribution < -0.4 is 4.74 Å². The smallest absolute Gasteiger partial charge is 0.120 e. The van der Waals surface area contributed by atoms with Gasteiger partial charge in [0.05, 0.1) is 29.0 Å². The van der Waals surface area contributed by atoms with Crippen molar-refractivity contribution in [1.82, 2.24) is 0 Å². The third-order valence-corrected chi connectivity index (χ3v) is 4.77. The average molecular weight is 364 g/mol. The van der Waals surface area contributed by atoms with Crippen LogP contribution in [0.2, 0.25) is 0 Å². The second-order valence-electron chi connectivity index (χ2n) is 4.35. The van der Waals surface area contributed by atoms with Gasteiger partial charge in [-0.25, -0.2) is 0 Å². The van der Waals surface area contributed by atoms with Gasteiger partial charge in [-0.05, 0) is 48.9 Å². The molecule has 0 bridgehead atoms. The van der Waals surface area contributed by atoms with Gasteiger partial charge in [0.15, 0.2) is 0 Å². The second-order valence-corrected chi connectivity index (χ2v) is 6.83. The van der Waals surface area contributed by atoms with Crippen molar-refractivity contribution in [1.29, 1.82) is 5.26 Å². The molecule has 2 rings (SSSR count). The Balaban J connectivity index is 1.78. The highest BCUT2D eigenvalue weighted by molar-refractivity contribution is 9.10. The normalized spacial score (nSPS) is 11.6. The van der Waals surface area contributed by atoms with Crippen molar-refractivity contribution >= 4 is 26.7 Å². The van der Waals surface area contributed by atoms with Gasteiger partial charge in [0.1, 0.15) is 5.75 Å². The van der Waals surface area contributed by atoms with Crippen molar-refractivity contribution in [2.75, 3.05) is 12.4 Å². The van der Waals surface area contributed by atoms with Crippen LogP contribution >= 0.6 is 15.9 Å². The molecule has 108 valence electrons. The lowest BCUT2D eigenvalue weighted by atomic mass is 10.2. The van der Waals surface area contributed by atoms with Crippen LogP contribution in [0.25, 0.3) is 0 Å². The first kappa shape index (κ1) is 15.7. The molecule has 2 aromatic carbocycles. The maximum absolute atomic E-state index is 12.1. The van der Waals surface area contributed by atoms with Gasteiger partial charge < -0.3 is 4.74 Å². The Hall–Kier alpha value is -1.64. The number of nitrogens with zero attached hydrogens (tertiary/aromatic N) is 1. The van der Waals surface area contributed by atoms with E-state index in [1.54, 1.807) is 18.2 Å². The number of hydrogen-bond donors (Lipinski definition) is 0. The van der Waals surface area contributed by atoms with Gasteiger partial charge in [-0.1, -0.05) is 22.0 Å². The second kappa shape index (κ2) is 7.96. The molecule has 0 heterocycles. The van der Waals surface area contributed by atoms with Crippen LogP contribution in [0.3, 0.4) is 0 Å². The summed E-state index contributed by atoms with van der Waals surface area (Å²) in [6, 6.07) is 16.6. The summed E-state index contributed by atoms with van der Waals surface area (Å²) in [4.78, 5) is 0.824. The van der Waals surface area contributed by atoms with E-state index in [1.807, 2.05) is 30.3 Å². The minimum absolute atomic E-state index is 0.483. The summed E-state index contributed by atoms with van der Waals surface area (Å²) in [5.74, 6) is 1.23. The lowest BCUT2D eigenvalue weighted by Crippen LogP contribution is -2.05. The molecule has 21 heavy (non-hydrogen) atoms. The first-order valence-corrected chi connectivity index (χ1v) is 8.57. The predicted octanol–water partition coefficient (Wildman–Crippen LogP) is 3.90. The Labute approximate surface area is 135 Å². The quantitative estimate of drug-likeness (QED) is 0.731. The molecule has 0 radical (unpaired) electrons. The van der Waals surface area contributed by atoms with Crippen molar-refractivity contribution in [2.24, 2.45) is 0 Å². The van der Waals surface area contributed by atoms with Gasteiger partial charge in [0.2, 0.25) is 0 Å². The lowest BCUT2D eigenvalue weighted by molar-refractivity contribution is 0.318. The van der Waals surface area contributed by atoms with E-state index in [1.165, 1.54) is 0 Å². The third kappa shape index (κ3) is 5.00. The fourth-order valence-electron chi connectivity index (χ4n) is 1.74. The molecule has 0 fully saturated rings. The summed E-state index contributed by atoms with van der Waals surface area (Å²) >= 11 is 3.35. The number of hydrogen-bond acceptors (Lipinski definition) is 3. The van der Waals surface area contributed by atoms with Crippen LogP contribution in [0, 0.1) is 11.3 Å². The highest BCUT2D eigenvalue weighted by Gasteiger charge is 2.04. The average Bonchev–Trinajstić information content (AvgIpc) is 2.52. The van der Waals surface area contributed by atoms with E-state index < -0.39 is 10.8 Å². The van der Waals surface area contributed by atoms with E-state index in [0.717, 1.165) is 9.37 Å². The summed E-state index contributed by atoms with van der Waals surface area (Å²) in [5.41, 5.74) is 0.575. The number of ether oxygens (including phenoxy) is 1. The van der Waals surface area contributed by atoms with Crippen molar-refractivity contribution in [3.05, 3.63) is 58.6 Å². The van der Waals surface area contributed by atoms with Crippen LogP contribution in [0.4, 0.5) is 0 Å². The maximum atomic E-state index is 12.1. The molecule has 0 spiro atoms. The number of nitriles is 1. The van der Waals surface area contributed by atoms with Crippen LogP contribution in [0.5, 0.6) is 5.75 Å². The molecule has 0 aromatic heterocycles. The Kier molecular flexibility index (Phi) is 5.97. The summed E-state index contributed by atoms with van der Waals surface area (Å²) in [5, 5.41) is 8.80. The van der Waals surface area contributed by atoms with Crippen molar-refractivity contribution < 1.29 is 8.95 Å². The summed E-state index contributed by atoms with van der Waals surface area (Å²) in [6.07, 6.45) is 0.694. The summed E-state index contributed by atoms with van der Waals surface area (Å²) in [6.45, 7) is 0.483. The first-order valence-electron chi connectivity index (χ1n) is 6.46. The standard InChI is InChI=1S/C16H14BrNO2S/c17-14-5-7-16(8-6-14)21(19)10-2-9-20-15-4-1-3-13(11-15)12-18/h1,3-8,11H,2,9-10H2. The largest absolute Gasteiger partial charge is 0.494 e. The molecule has 0 aliphatic heterocycles. The summed E-state index contributed by atoms with van der Waals surface area (Å²) in [7, 11) is -1.01. The van der Waals surface area contributed by atoms with E-state index in [0.29, 0.717) is 30.1 Å². The zero-order chi connectivity index (χ0) is 15.1. The van der Waals surface area contributed by atoms with Crippen LogP contribution in [0.1, 0.15) is 12.0 Å². The van der Waals surface area contributed by atoms with Crippen molar-refractivity contribution in [3.63, 3.8) is 0 Å². The molecular formula is C16H14BrNO2S. The molecule has 1 atom stereocenters. The van der Waals surface area contributed by atoms with Crippen molar-refractivity contribution in [2.45, 2.75) is 11.3 Å². The number of rotatable bonds is 6. The van der Waals surface area contributed by atoms with E-state index in [9.17, 15) is 4.21 Å². The fourth-order valence-corrected chi connectivity index (χ4v) is 3.06. The van der Waals surface area contributed by atoms with Crippen molar-refractivity contribution in [3.8, 4) is 11.8 Å². The van der Waals surface area contributed by atoms with Gasteiger partial charge in [-0.2, -0.15) is 5.26 Å². The van der Waals surface area contributed by atoms with E-state index in [2.05, 4.69) is 22.0 Å². The third-order valence-electron chi connectivity index (χ3n) is 2.78. The predicted molar refractivity (Wildman–Crippen MR) is 86.7 cm³/mol. The van der Waals surface area contributed by atoms with Crippen LogP contribution in [-0.2, 0) is 10.8 Å². The number of benzene rings is 2. The molecule has 0 N–H and O–H groups in total. The Morgan fingerprint density at radius 2 is 1.95 bits per heavy atom. The molecule has 1 unspecified atom stereocenters. The molecule has 0 amide bonds. The van der Waals surface area contributed by atoms with E-state index >= 15 is 0 Å². The van der Waals surface area contributed by atoms with E-state index in [-0.39, 0.29) is 0 Å². The molecule has 0 saturated heterocycles. The minimum Gasteiger partial charge on any atom is -0.494 e. The van der Waals surface area contributed by atoms with Crippen LogP contribution in [-0.4, -0.2) is 16.6 Å². The van der Waals surface area contributed by atoms with Gasteiger partial charge in [0.25, 0.3) is 0 Å². The highest BCUT2D eigenvalue weighted by atomic mass is 79.9. The summed E-state index contributed by atoms with van der Waals surface area (Å²) < 4.78 is 18.6. The first-order chi connectivity index (χ1) is 10.2. The zero-order valence-electron chi connectivity index (χ0n) is 11.3.